The highest BCUT2D eigenvalue weighted by Gasteiger charge is 2.34. The standard InChI is InChI=1S/C18H19N6O3S2/c19-8-10-29(26,27)15-6-5-13(16(17(15)28-25)18-21-23-24-22-18)11-7-9-20-14-4-2-1-3-12(11)14/h5-7,9H,1-4,8,10,19H2,(H,21,22,23,24)/q+1. The van der Waals surface area contributed by atoms with Crippen LogP contribution in [0.3, 0.4) is 0 Å². The fourth-order valence-electron chi connectivity index (χ4n) is 3.75. The monoisotopic (exact) mass is 431 g/mol. The molecule has 0 saturated carbocycles. The molecule has 3 N–H and O–H groups in total. The van der Waals surface area contributed by atoms with E-state index < -0.39 is 9.84 Å². The van der Waals surface area contributed by atoms with E-state index in [4.69, 9.17) is 5.73 Å². The molecule has 0 bridgehead atoms. The lowest BCUT2D eigenvalue weighted by Gasteiger charge is -2.19. The van der Waals surface area contributed by atoms with E-state index in [1.54, 1.807) is 12.3 Å². The summed E-state index contributed by atoms with van der Waals surface area (Å²) >= 11 is 0.112. The predicted molar refractivity (Wildman–Crippen MR) is 107 cm³/mol. The van der Waals surface area contributed by atoms with Gasteiger partial charge in [-0.05, 0) is 59.7 Å². The Labute approximate surface area is 171 Å². The summed E-state index contributed by atoms with van der Waals surface area (Å²) in [4.78, 5) is 4.49. The van der Waals surface area contributed by atoms with Gasteiger partial charge in [0.05, 0.1) is 5.75 Å². The number of H-pyrrole nitrogens is 1. The Morgan fingerprint density at radius 1 is 1.14 bits per heavy atom. The van der Waals surface area contributed by atoms with E-state index in [2.05, 4.69) is 25.6 Å². The van der Waals surface area contributed by atoms with Gasteiger partial charge in [-0.15, -0.1) is 10.2 Å². The van der Waals surface area contributed by atoms with E-state index in [0.29, 0.717) is 11.1 Å². The number of sulfone groups is 1. The number of hydrogen-bond acceptors (Lipinski definition) is 8. The summed E-state index contributed by atoms with van der Waals surface area (Å²) in [5.41, 5.74) is 9.57. The van der Waals surface area contributed by atoms with Crippen LogP contribution in [0.1, 0.15) is 24.1 Å². The first-order valence-corrected chi connectivity index (χ1v) is 11.6. The molecular weight excluding hydrogens is 412 g/mol. The number of benzene rings is 1. The lowest BCUT2D eigenvalue weighted by atomic mass is 9.87. The quantitative estimate of drug-likeness (QED) is 0.556. The normalized spacial score (nSPS) is 13.8. The number of nitrogens with two attached hydrogens (primary N) is 1. The van der Waals surface area contributed by atoms with Crippen LogP contribution in [0.2, 0.25) is 0 Å². The molecule has 0 saturated heterocycles. The molecule has 1 aromatic carbocycles. The van der Waals surface area contributed by atoms with Crippen molar-refractivity contribution in [3.63, 3.8) is 0 Å². The topological polar surface area (TPSA) is 145 Å². The summed E-state index contributed by atoms with van der Waals surface area (Å²) in [7, 11) is -3.73. The van der Waals surface area contributed by atoms with Crippen molar-refractivity contribution >= 4 is 21.5 Å². The zero-order valence-corrected chi connectivity index (χ0v) is 17.1. The van der Waals surface area contributed by atoms with Crippen molar-refractivity contribution in [3.8, 4) is 22.5 Å². The molecule has 9 nitrogen and oxygen atoms in total. The van der Waals surface area contributed by atoms with Gasteiger partial charge in [-0.3, -0.25) is 4.98 Å². The summed E-state index contributed by atoms with van der Waals surface area (Å²) in [6.45, 7) is -0.0392. The molecule has 4 rings (SSSR count). The van der Waals surface area contributed by atoms with Crippen LogP contribution in [-0.4, -0.2) is 46.3 Å². The molecule has 0 aliphatic heterocycles. The van der Waals surface area contributed by atoms with Crippen LogP contribution >= 0.6 is 0 Å². The molecule has 0 spiro atoms. The zero-order valence-electron chi connectivity index (χ0n) is 15.5. The molecule has 3 aromatic rings. The smallest absolute Gasteiger partial charge is 0.329 e. The second-order valence-electron chi connectivity index (χ2n) is 6.73. The molecular formula is C18H19N6O3S2+. The Balaban J connectivity index is 2.03. The Hall–Kier alpha value is -2.63. The number of aromatic nitrogens is 5. The molecule has 2 aromatic heterocycles. The van der Waals surface area contributed by atoms with Gasteiger partial charge in [0.2, 0.25) is 5.82 Å². The van der Waals surface area contributed by atoms with E-state index in [1.165, 1.54) is 6.07 Å². The fourth-order valence-corrected chi connectivity index (χ4v) is 5.85. The third-order valence-corrected chi connectivity index (χ3v) is 7.52. The van der Waals surface area contributed by atoms with Crippen molar-refractivity contribution in [3.05, 3.63) is 35.7 Å². The average Bonchev–Trinajstić information content (AvgIpc) is 3.26. The minimum atomic E-state index is -3.73. The number of nitrogens with one attached hydrogen (secondary N) is 1. The third-order valence-electron chi connectivity index (χ3n) is 5.02. The van der Waals surface area contributed by atoms with E-state index in [9.17, 15) is 12.6 Å². The van der Waals surface area contributed by atoms with Gasteiger partial charge in [-0.1, -0.05) is 6.07 Å². The molecule has 0 atom stereocenters. The van der Waals surface area contributed by atoms with E-state index in [1.807, 2.05) is 6.07 Å². The molecule has 11 heteroatoms. The van der Waals surface area contributed by atoms with Crippen LogP contribution in [0.4, 0.5) is 0 Å². The molecule has 0 radical (unpaired) electrons. The number of tetrazole rings is 1. The maximum absolute atomic E-state index is 12.7. The third kappa shape index (κ3) is 3.56. The second kappa shape index (κ2) is 8.01. The molecule has 2 heterocycles. The Bertz CT molecular complexity index is 1160. The highest BCUT2D eigenvalue weighted by Crippen LogP contribution is 2.40. The average molecular weight is 432 g/mol. The van der Waals surface area contributed by atoms with Crippen molar-refractivity contribution < 1.29 is 12.6 Å². The number of pyridine rings is 1. The number of fused-ring (bicyclic) bond motifs is 1. The molecule has 29 heavy (non-hydrogen) atoms. The van der Waals surface area contributed by atoms with Crippen LogP contribution in [0.5, 0.6) is 0 Å². The van der Waals surface area contributed by atoms with Crippen molar-refractivity contribution in [2.45, 2.75) is 35.5 Å². The first-order chi connectivity index (χ1) is 14.1. The molecule has 1 aliphatic carbocycles. The summed E-state index contributed by atoms with van der Waals surface area (Å²) in [6, 6.07) is 5.06. The molecule has 1 aliphatic rings. The summed E-state index contributed by atoms with van der Waals surface area (Å²) in [6.07, 6.45) is 5.64. The minimum absolute atomic E-state index is 0.0392. The van der Waals surface area contributed by atoms with Gasteiger partial charge in [0.15, 0.2) is 9.84 Å². The minimum Gasteiger partial charge on any atom is -0.329 e. The van der Waals surface area contributed by atoms with E-state index >= 15 is 0 Å². The molecule has 0 unspecified atom stereocenters. The van der Waals surface area contributed by atoms with Crippen LogP contribution in [-0.2, 0) is 38.6 Å². The number of aryl methyl sites for hydroxylation is 1. The summed E-state index contributed by atoms with van der Waals surface area (Å²) in [5.74, 6) is -0.0829. The van der Waals surface area contributed by atoms with Crippen molar-refractivity contribution in [2.75, 3.05) is 12.3 Å². The number of rotatable bonds is 6. The van der Waals surface area contributed by atoms with Gasteiger partial charge >= 0.3 is 16.6 Å². The second-order valence-corrected chi connectivity index (χ2v) is 9.39. The zero-order chi connectivity index (χ0) is 20.4. The number of nitrogens with zero attached hydrogens (tertiary/aromatic N) is 4. The Morgan fingerprint density at radius 2 is 1.97 bits per heavy atom. The van der Waals surface area contributed by atoms with Gasteiger partial charge in [0.1, 0.15) is 10.5 Å². The van der Waals surface area contributed by atoms with Gasteiger partial charge in [0, 0.05) is 22.6 Å². The van der Waals surface area contributed by atoms with Crippen LogP contribution in [0.25, 0.3) is 22.5 Å². The predicted octanol–water partition coefficient (Wildman–Crippen LogP) is 1.33. The highest BCUT2D eigenvalue weighted by molar-refractivity contribution is 7.91. The van der Waals surface area contributed by atoms with E-state index in [0.717, 1.165) is 42.5 Å². The number of aromatic amines is 1. The number of hydrogen-bond donors (Lipinski definition) is 2. The van der Waals surface area contributed by atoms with Crippen molar-refractivity contribution in [1.29, 1.82) is 0 Å². The maximum atomic E-state index is 12.7. The van der Waals surface area contributed by atoms with Crippen molar-refractivity contribution in [1.82, 2.24) is 25.6 Å². The summed E-state index contributed by atoms with van der Waals surface area (Å²) < 4.78 is 37.5. The van der Waals surface area contributed by atoms with Crippen LogP contribution < -0.4 is 5.73 Å². The summed E-state index contributed by atoms with van der Waals surface area (Å²) in [5, 5.41) is 14.0. The Kier molecular flexibility index (Phi) is 5.43. The largest absolute Gasteiger partial charge is 0.507 e. The molecule has 0 fully saturated rings. The van der Waals surface area contributed by atoms with Crippen LogP contribution in [0, 0.1) is 0 Å². The van der Waals surface area contributed by atoms with Crippen LogP contribution in [0.15, 0.2) is 34.2 Å². The first-order valence-electron chi connectivity index (χ1n) is 9.17. The molecule has 0 amide bonds. The fraction of sp³-hybridized carbons (Fsp3) is 0.333. The highest BCUT2D eigenvalue weighted by atomic mass is 32.2. The van der Waals surface area contributed by atoms with Crippen molar-refractivity contribution in [2.24, 2.45) is 5.73 Å². The SMILES string of the molecule is NCCS(=O)(=O)c1ccc(-c2ccnc3c2CCCC3)c(-c2nn[nH]n2)c1[S+]=O. The lowest BCUT2D eigenvalue weighted by molar-refractivity contribution is 0.590. The molecule has 150 valence electrons. The van der Waals surface area contributed by atoms with Gasteiger partial charge in [-0.25, -0.2) is 8.42 Å². The maximum Gasteiger partial charge on any atom is 0.507 e. The van der Waals surface area contributed by atoms with Gasteiger partial charge < -0.3 is 5.73 Å². The van der Waals surface area contributed by atoms with Gasteiger partial charge in [-0.2, -0.15) is 5.21 Å². The first kappa shape index (κ1) is 19.7. The van der Waals surface area contributed by atoms with Gasteiger partial charge in [0.25, 0.3) is 0 Å². The Morgan fingerprint density at radius 3 is 2.69 bits per heavy atom. The lowest BCUT2D eigenvalue weighted by Crippen LogP contribution is -2.17. The van der Waals surface area contributed by atoms with E-state index in [-0.39, 0.29) is 39.6 Å².